The molecule has 0 aromatic carbocycles. The molecule has 2 fully saturated rings. The lowest BCUT2D eigenvalue weighted by Crippen LogP contribution is -2.21. The quantitative estimate of drug-likeness (QED) is 0.835. The number of ether oxygens (including phenoxy) is 1. The van der Waals surface area contributed by atoms with Gasteiger partial charge in [0, 0.05) is 0 Å². The van der Waals surface area contributed by atoms with E-state index >= 15 is 0 Å². The summed E-state index contributed by atoms with van der Waals surface area (Å²) in [7, 11) is 0. The van der Waals surface area contributed by atoms with Crippen LogP contribution in [-0.4, -0.2) is 27.4 Å². The van der Waals surface area contributed by atoms with Crippen LogP contribution in [0.25, 0.3) is 0 Å². The fraction of sp³-hybridized carbons (Fsp3) is 0.786. The maximum absolute atomic E-state index is 6.03. The zero-order valence-corrected chi connectivity index (χ0v) is 11.7. The van der Waals surface area contributed by atoms with E-state index in [1.165, 1.54) is 56.5 Å². The Hall–Kier alpha value is -0.640. The molecular formula is C14H22N2OS. The maximum atomic E-state index is 6.03. The van der Waals surface area contributed by atoms with Crippen LogP contribution in [0.15, 0.2) is 12.4 Å². The molecule has 1 aliphatic carbocycles. The van der Waals surface area contributed by atoms with E-state index in [1.54, 1.807) is 0 Å². The summed E-state index contributed by atoms with van der Waals surface area (Å²) in [4.78, 5) is 0. The minimum absolute atomic E-state index is 0.412. The number of aromatic nitrogens is 2. The highest BCUT2D eigenvalue weighted by Crippen LogP contribution is 2.29. The summed E-state index contributed by atoms with van der Waals surface area (Å²) in [6.07, 6.45) is 13.4. The molecule has 2 heterocycles. The van der Waals surface area contributed by atoms with E-state index in [2.05, 4.69) is 16.0 Å². The largest absolute Gasteiger partial charge is 0.487 e. The number of nitrogens with zero attached hydrogens (tertiary/aromatic N) is 2. The normalized spacial score (nSPS) is 23.1. The van der Waals surface area contributed by atoms with Gasteiger partial charge < -0.3 is 4.74 Å². The fourth-order valence-electron chi connectivity index (χ4n) is 2.91. The molecule has 0 atom stereocenters. The van der Waals surface area contributed by atoms with Gasteiger partial charge in [0.25, 0.3) is 0 Å². The lowest BCUT2D eigenvalue weighted by molar-refractivity contribution is 0.191. The molecule has 0 unspecified atom stereocenters. The Morgan fingerprint density at radius 3 is 2.67 bits per heavy atom. The van der Waals surface area contributed by atoms with Gasteiger partial charge in [0.1, 0.15) is 6.10 Å². The molecule has 3 nitrogen and oxygen atoms in total. The topological polar surface area (TPSA) is 27.1 Å². The summed E-state index contributed by atoms with van der Waals surface area (Å²) in [5, 5.41) is 4.49. The van der Waals surface area contributed by atoms with E-state index in [0.717, 1.165) is 5.75 Å². The zero-order chi connectivity index (χ0) is 12.2. The molecule has 1 saturated carbocycles. The number of thioether (sulfide) groups is 1. The summed E-state index contributed by atoms with van der Waals surface area (Å²) in [5.41, 5.74) is 0. The predicted octanol–water partition coefficient (Wildman–Crippen LogP) is 3.66. The van der Waals surface area contributed by atoms with Crippen LogP contribution in [0.2, 0.25) is 0 Å². The standard InChI is InChI=1S/C14H22N2OS/c1-2-4-12(5-3-1)16-11-14(10-15-16)17-13-6-8-18-9-7-13/h10-13H,1-9H2. The van der Waals surface area contributed by atoms with Crippen molar-refractivity contribution in [2.24, 2.45) is 0 Å². The van der Waals surface area contributed by atoms with Crippen molar-refractivity contribution in [2.45, 2.75) is 57.1 Å². The molecule has 0 radical (unpaired) electrons. The van der Waals surface area contributed by atoms with Gasteiger partial charge in [0.05, 0.1) is 18.4 Å². The van der Waals surface area contributed by atoms with E-state index in [-0.39, 0.29) is 0 Å². The highest BCUT2D eigenvalue weighted by molar-refractivity contribution is 7.99. The van der Waals surface area contributed by atoms with Crippen LogP contribution in [0.5, 0.6) is 5.75 Å². The summed E-state index contributed by atoms with van der Waals surface area (Å²) in [6.45, 7) is 0. The smallest absolute Gasteiger partial charge is 0.157 e. The Morgan fingerprint density at radius 1 is 1.11 bits per heavy atom. The minimum atomic E-state index is 0.412. The molecule has 0 spiro atoms. The Balaban J connectivity index is 1.58. The van der Waals surface area contributed by atoms with Crippen LogP contribution >= 0.6 is 11.8 Å². The monoisotopic (exact) mass is 266 g/mol. The predicted molar refractivity (Wildman–Crippen MR) is 75.3 cm³/mol. The van der Waals surface area contributed by atoms with Gasteiger partial charge in [-0.15, -0.1) is 0 Å². The number of rotatable bonds is 3. The van der Waals surface area contributed by atoms with Gasteiger partial charge in [-0.25, -0.2) is 0 Å². The van der Waals surface area contributed by atoms with Crippen molar-refractivity contribution in [1.82, 2.24) is 9.78 Å². The van der Waals surface area contributed by atoms with Gasteiger partial charge >= 0.3 is 0 Å². The molecule has 0 amide bonds. The molecule has 1 aromatic rings. The van der Waals surface area contributed by atoms with Crippen molar-refractivity contribution in [2.75, 3.05) is 11.5 Å². The third kappa shape index (κ3) is 3.02. The average Bonchev–Trinajstić information content (AvgIpc) is 2.89. The SMILES string of the molecule is c1nn(C2CCCCC2)cc1OC1CCSCC1. The zero-order valence-electron chi connectivity index (χ0n) is 10.9. The highest BCUT2D eigenvalue weighted by Gasteiger charge is 2.19. The van der Waals surface area contributed by atoms with Gasteiger partial charge in [0.2, 0.25) is 0 Å². The Bertz CT molecular complexity index is 368. The van der Waals surface area contributed by atoms with Gasteiger partial charge in [-0.1, -0.05) is 19.3 Å². The molecule has 100 valence electrons. The molecule has 1 saturated heterocycles. The van der Waals surface area contributed by atoms with Gasteiger partial charge in [-0.3, -0.25) is 4.68 Å². The van der Waals surface area contributed by atoms with Crippen LogP contribution in [0.4, 0.5) is 0 Å². The van der Waals surface area contributed by atoms with Crippen molar-refractivity contribution in [3.05, 3.63) is 12.4 Å². The molecule has 0 bridgehead atoms. The first-order valence-electron chi connectivity index (χ1n) is 7.20. The van der Waals surface area contributed by atoms with Crippen LogP contribution < -0.4 is 4.74 Å². The lowest BCUT2D eigenvalue weighted by Gasteiger charge is -2.22. The second kappa shape index (κ2) is 6.00. The first-order chi connectivity index (χ1) is 8.92. The van der Waals surface area contributed by atoms with Crippen molar-refractivity contribution in [1.29, 1.82) is 0 Å². The van der Waals surface area contributed by atoms with E-state index in [9.17, 15) is 0 Å². The van der Waals surface area contributed by atoms with Crippen LogP contribution in [0.3, 0.4) is 0 Å². The molecule has 4 heteroatoms. The van der Waals surface area contributed by atoms with E-state index in [1.807, 2.05) is 18.0 Å². The number of hydrogen-bond acceptors (Lipinski definition) is 3. The van der Waals surface area contributed by atoms with E-state index < -0.39 is 0 Å². The van der Waals surface area contributed by atoms with E-state index in [4.69, 9.17) is 4.74 Å². The second-order valence-corrected chi connectivity index (χ2v) is 6.60. The lowest BCUT2D eigenvalue weighted by atomic mass is 9.96. The van der Waals surface area contributed by atoms with Crippen molar-refractivity contribution in [3.8, 4) is 5.75 Å². The van der Waals surface area contributed by atoms with Crippen molar-refractivity contribution < 1.29 is 4.74 Å². The first-order valence-corrected chi connectivity index (χ1v) is 8.36. The Labute approximate surface area is 113 Å². The van der Waals surface area contributed by atoms with Gasteiger partial charge in [-0.2, -0.15) is 16.9 Å². The maximum Gasteiger partial charge on any atom is 0.157 e. The van der Waals surface area contributed by atoms with Crippen molar-refractivity contribution in [3.63, 3.8) is 0 Å². The Morgan fingerprint density at radius 2 is 1.89 bits per heavy atom. The molecule has 1 aliphatic heterocycles. The van der Waals surface area contributed by atoms with E-state index in [0.29, 0.717) is 12.1 Å². The minimum Gasteiger partial charge on any atom is -0.487 e. The summed E-state index contributed by atoms with van der Waals surface area (Å²) >= 11 is 2.04. The summed E-state index contributed by atoms with van der Waals surface area (Å²) in [6, 6.07) is 0.609. The third-order valence-electron chi connectivity index (χ3n) is 4.00. The van der Waals surface area contributed by atoms with Crippen molar-refractivity contribution >= 4 is 11.8 Å². The first kappa shape index (κ1) is 12.4. The molecule has 0 N–H and O–H groups in total. The molecule has 2 aliphatic rings. The molecule has 18 heavy (non-hydrogen) atoms. The average molecular weight is 266 g/mol. The van der Waals surface area contributed by atoms with Crippen LogP contribution in [-0.2, 0) is 0 Å². The Kier molecular flexibility index (Phi) is 4.13. The molecule has 1 aromatic heterocycles. The highest BCUT2D eigenvalue weighted by atomic mass is 32.2. The third-order valence-corrected chi connectivity index (χ3v) is 5.05. The summed E-state index contributed by atoms with van der Waals surface area (Å²) < 4.78 is 8.16. The summed E-state index contributed by atoms with van der Waals surface area (Å²) in [5.74, 6) is 3.44. The van der Waals surface area contributed by atoms with Crippen LogP contribution in [0, 0.1) is 0 Å². The second-order valence-electron chi connectivity index (χ2n) is 5.38. The number of hydrogen-bond donors (Lipinski definition) is 0. The van der Waals surface area contributed by atoms with Gasteiger partial charge in [-0.05, 0) is 37.2 Å². The molecular weight excluding hydrogens is 244 g/mol. The van der Waals surface area contributed by atoms with Crippen LogP contribution in [0.1, 0.15) is 51.0 Å². The molecule has 3 rings (SSSR count). The fourth-order valence-corrected chi connectivity index (χ4v) is 3.98. The van der Waals surface area contributed by atoms with Gasteiger partial charge in [0.15, 0.2) is 5.75 Å².